The molecule has 3 aliphatic rings. The second-order valence-corrected chi connectivity index (χ2v) is 37.3. The summed E-state index contributed by atoms with van der Waals surface area (Å²) >= 11 is 0.662. The van der Waals surface area contributed by atoms with Crippen LogP contribution < -0.4 is 48.3 Å². The minimum atomic E-state index is -1.88. The number of para-hydroxylation sites is 1. The minimum Gasteiger partial charge on any atom is -0.508 e. The Morgan fingerprint density at radius 2 is 1.01 bits per heavy atom. The SMILES string of the molecule is CCCCC1C(=O)N2CC(O)CC2C(=O)N2CCCC2C(=O)NC(C(C)C)C(=O)N(C)C(Cc2ccccc2)C(=O)NC(Cc2ccc(O)cc2)C(=O)N(C)C(CCC(=O)O)C(=O)NC(Cc2c[nH]c3ccccc23)C(=O)NC(Cc2ccc(O)cc2)C(=O)NC(CC(C)C)C(=O)NC(C(=O)NCC(N)=O)CSCC(=O)NC(Cc2cc(F)c(F)c(F)c2)C(=O)N(C)C(Cc2ccccc2)C(=O)N1C. The zero-order valence-electron chi connectivity index (χ0n) is 78.9. The van der Waals surface area contributed by atoms with Crippen molar-refractivity contribution in [2.45, 2.75) is 216 Å². The van der Waals surface area contributed by atoms with Crippen molar-refractivity contribution in [1.82, 2.24) is 76.9 Å². The van der Waals surface area contributed by atoms with Crippen LogP contribution in [0, 0.1) is 29.3 Å². The number of nitrogens with one attached hydrogen (secondary N) is 9. The molecule has 3 aliphatic heterocycles. The number of likely N-dealkylation sites (N-methyl/N-ethyl adjacent to an activating group) is 4. The van der Waals surface area contributed by atoms with Gasteiger partial charge in [-0.3, -0.25) is 76.7 Å². The van der Waals surface area contributed by atoms with E-state index in [0.29, 0.717) is 69.0 Å². The summed E-state index contributed by atoms with van der Waals surface area (Å²) in [4.78, 5) is 250. The van der Waals surface area contributed by atoms with Gasteiger partial charge >= 0.3 is 5.97 Å². The number of aromatic amines is 1. The Balaban J connectivity index is 1.08. The van der Waals surface area contributed by atoms with Crippen LogP contribution in [0.25, 0.3) is 10.9 Å². The van der Waals surface area contributed by atoms with Gasteiger partial charge in [-0.05, 0) is 120 Å². The first-order valence-corrected chi connectivity index (χ1v) is 47.4. The summed E-state index contributed by atoms with van der Waals surface area (Å²) < 4.78 is 45.2. The van der Waals surface area contributed by atoms with Crippen LogP contribution in [0.5, 0.6) is 11.5 Å². The number of hydrogen-bond acceptors (Lipinski definition) is 20. The molecule has 6 aromatic carbocycles. The lowest BCUT2D eigenvalue weighted by molar-refractivity contribution is -0.154. The van der Waals surface area contributed by atoms with E-state index in [9.17, 15) is 44.0 Å². The molecule has 1 aromatic heterocycles. The molecule has 3 saturated heterocycles. The molecule has 0 spiro atoms. The average Bonchev–Trinajstić information content (AvgIpc) is 1.66. The number of phenolic OH excluding ortho intramolecular Hbond substituents is 2. The number of aliphatic carboxylic acids is 1. The van der Waals surface area contributed by atoms with Gasteiger partial charge in [0.05, 0.1) is 18.4 Å². The maximum absolute atomic E-state index is 15.8. The topological polar surface area (TPSA) is 512 Å². The predicted molar refractivity (Wildman–Crippen MR) is 507 cm³/mol. The van der Waals surface area contributed by atoms with Gasteiger partial charge in [-0.15, -0.1) is 11.8 Å². The molecule has 0 saturated carbocycles. The van der Waals surface area contributed by atoms with E-state index >= 15 is 66.3 Å². The molecule has 3 fully saturated rings. The second-order valence-electron chi connectivity index (χ2n) is 36.3. The van der Waals surface area contributed by atoms with E-state index in [1.54, 1.807) is 119 Å². The number of fused-ring (bicyclic) bond motifs is 3. The number of carboxylic acid groups (broad SMARTS) is 1. The van der Waals surface area contributed by atoms with E-state index in [-0.39, 0.29) is 87.8 Å². The number of hydrogen-bond donors (Lipinski definition) is 14. The Morgan fingerprint density at radius 1 is 0.511 bits per heavy atom. The van der Waals surface area contributed by atoms with Gasteiger partial charge in [0.2, 0.25) is 88.6 Å². The fraction of sp³-hybridized carbons (Fsp3) is 0.455. The average molecular weight is 1950 g/mol. The van der Waals surface area contributed by atoms with E-state index in [1.165, 1.54) is 81.6 Å². The van der Waals surface area contributed by atoms with Gasteiger partial charge in [-0.2, -0.15) is 0 Å². The van der Waals surface area contributed by atoms with Crippen molar-refractivity contribution < 1.29 is 110 Å². The summed E-state index contributed by atoms with van der Waals surface area (Å²) in [6, 6.07) is 14.7. The van der Waals surface area contributed by atoms with Crippen LogP contribution in [0.15, 0.2) is 152 Å². The summed E-state index contributed by atoms with van der Waals surface area (Å²) in [6.45, 7) is 7.17. The third kappa shape index (κ3) is 29.1. The number of aromatic nitrogens is 1. The molecule has 746 valence electrons. The monoisotopic (exact) mass is 1940 g/mol. The number of nitrogens with two attached hydrogens (primary N) is 1. The molecule has 0 bridgehead atoms. The van der Waals surface area contributed by atoms with Gasteiger partial charge in [-0.1, -0.05) is 151 Å². The van der Waals surface area contributed by atoms with Crippen molar-refractivity contribution in [2.24, 2.45) is 17.6 Å². The Kier molecular flexibility index (Phi) is 38.5. The van der Waals surface area contributed by atoms with Crippen molar-refractivity contribution in [1.29, 1.82) is 0 Å². The van der Waals surface area contributed by atoms with Crippen LogP contribution >= 0.6 is 11.8 Å². The smallest absolute Gasteiger partial charge is 0.303 e. The molecule has 7 aromatic rings. The number of rotatable bonds is 24. The highest BCUT2D eigenvalue weighted by molar-refractivity contribution is 8.00. The highest BCUT2D eigenvalue weighted by Gasteiger charge is 2.50. The summed E-state index contributed by atoms with van der Waals surface area (Å²) in [6.07, 6.45) is -3.25. The number of carboxylic acids is 1. The largest absolute Gasteiger partial charge is 0.508 e. The number of aliphatic hydroxyl groups is 1. The first-order valence-electron chi connectivity index (χ1n) is 46.2. The number of unbranched alkanes of at least 4 members (excludes halogenated alkanes) is 1. The number of primary amides is 1. The minimum absolute atomic E-state index is 0.0384. The molecule has 14 atom stereocenters. The number of amides is 15. The van der Waals surface area contributed by atoms with Gasteiger partial charge < -0.3 is 103 Å². The van der Waals surface area contributed by atoms with Gasteiger partial charge in [0.25, 0.3) is 0 Å². The maximum atomic E-state index is 15.8. The Hall–Kier alpha value is -13.9. The van der Waals surface area contributed by atoms with E-state index in [1.807, 2.05) is 6.92 Å². The van der Waals surface area contributed by atoms with E-state index in [4.69, 9.17) is 5.73 Å². The highest BCUT2D eigenvalue weighted by atomic mass is 32.2. The van der Waals surface area contributed by atoms with E-state index in [0.717, 1.165) is 24.5 Å². The zero-order chi connectivity index (χ0) is 101. The van der Waals surface area contributed by atoms with Crippen LogP contribution in [0.1, 0.15) is 126 Å². The number of nitrogens with zero attached hydrogens (tertiary/aromatic N) is 6. The van der Waals surface area contributed by atoms with Crippen LogP contribution in [-0.4, -0.2) is 293 Å². The number of carbonyl (C=O) groups is 16. The molecule has 40 heteroatoms. The van der Waals surface area contributed by atoms with Crippen LogP contribution in [0.4, 0.5) is 13.2 Å². The zero-order valence-corrected chi connectivity index (χ0v) is 79.8. The number of thioether (sulfide) groups is 1. The molecule has 139 heavy (non-hydrogen) atoms. The number of aromatic hydroxyl groups is 2. The molecule has 14 unspecified atom stereocenters. The van der Waals surface area contributed by atoms with Crippen LogP contribution in [0.3, 0.4) is 0 Å². The van der Waals surface area contributed by atoms with Crippen molar-refractivity contribution in [3.8, 4) is 11.5 Å². The molecule has 15 amide bonds. The molecule has 36 nitrogen and oxygen atoms in total. The van der Waals surface area contributed by atoms with Gasteiger partial charge in [-0.25, -0.2) is 13.2 Å². The van der Waals surface area contributed by atoms with Crippen molar-refractivity contribution in [2.75, 3.05) is 59.3 Å². The first-order chi connectivity index (χ1) is 66.1. The summed E-state index contributed by atoms with van der Waals surface area (Å²) in [5, 5.41) is 64.7. The molecule has 10 rings (SSSR count). The molecule has 15 N–H and O–H groups in total. The maximum Gasteiger partial charge on any atom is 0.303 e. The summed E-state index contributed by atoms with van der Waals surface area (Å²) in [5.74, 6) is -24.1. The van der Waals surface area contributed by atoms with Crippen LogP contribution in [0.2, 0.25) is 0 Å². The lowest BCUT2D eigenvalue weighted by Crippen LogP contribution is -2.62. The van der Waals surface area contributed by atoms with Crippen molar-refractivity contribution in [3.05, 3.63) is 203 Å². The predicted octanol–water partition coefficient (Wildman–Crippen LogP) is 3.51. The normalized spacial score (nSPS) is 23.7. The first kappa shape index (κ1) is 107. The Labute approximate surface area is 807 Å². The van der Waals surface area contributed by atoms with Gasteiger partial charge in [0, 0.05) is 115 Å². The summed E-state index contributed by atoms with van der Waals surface area (Å²) in [5.41, 5.74) is 7.70. The second kappa shape index (κ2) is 49.9. The van der Waals surface area contributed by atoms with Gasteiger partial charge in [0.15, 0.2) is 17.5 Å². The number of halogens is 3. The fourth-order valence-corrected chi connectivity index (χ4v) is 18.3. The number of benzene rings is 6. The third-order valence-electron chi connectivity index (χ3n) is 25.1. The molecular weight excluding hydrogens is 1820 g/mol. The van der Waals surface area contributed by atoms with Crippen molar-refractivity contribution >= 4 is 117 Å². The number of aliphatic hydroxyl groups excluding tert-OH is 1. The molecule has 4 heterocycles. The Bertz CT molecular complexity index is 5550. The van der Waals surface area contributed by atoms with Crippen LogP contribution in [-0.2, 0) is 115 Å². The highest BCUT2D eigenvalue weighted by Crippen LogP contribution is 2.31. The third-order valence-corrected chi connectivity index (χ3v) is 26.2. The fourth-order valence-electron chi connectivity index (χ4n) is 17.5. The van der Waals surface area contributed by atoms with E-state index in [2.05, 4.69) is 47.5 Å². The number of carbonyl (C=O) groups excluding carboxylic acids is 15. The number of phenols is 2. The molecule has 0 radical (unpaired) electrons. The molecule has 0 aliphatic carbocycles. The lowest BCUT2D eigenvalue weighted by Gasteiger charge is -2.38. The van der Waals surface area contributed by atoms with Gasteiger partial charge in [0.1, 0.15) is 90.0 Å². The lowest BCUT2D eigenvalue weighted by atomic mass is 9.98. The Morgan fingerprint density at radius 3 is 1.60 bits per heavy atom. The summed E-state index contributed by atoms with van der Waals surface area (Å²) in [7, 11) is 4.98. The van der Waals surface area contributed by atoms with E-state index < -0.39 is 259 Å². The quantitative estimate of drug-likeness (QED) is 0.0385. The molecular formula is C99H123F3N16O20S. The number of H-pyrrole nitrogens is 1. The standard InChI is InChI=1S/C99H123F3N16O20S/c1-10-11-27-78-97(136)118-52-65(121)49-81(118)98(137)117-39-20-28-77(117)92(131)112-86(56(4)5)99(138)115(8)79(46-57-21-14-12-15-22-57)93(132)110-74(44-60-31-35-64(120)36-32-60)95(134)113(6)76(37-38-84(124)125)91(130)109-72(48-62-50-104-69-26-19-18-25-66(62)69)90(129)108-71(43-59-29-33-63(119)34-30-59)89(128)107-70(40-55(2)3)88(127)111-75(87(126)105-51-82(103)122)53-139-54-83(123)106-73(45-61-41-67(100)85(102)68(101)42-61)94(133)116(9)80(96(135)114(78)7)47-58-23-16-13-17-24-58/h12-19,21-26,29-36,41-42,50,55-56,65,70-81,86,104,119-121H,10-11,20,27-28,37-40,43-49,51-54H2,1-9H3,(H2,103,122)(H,105,126)(H,106,123)(H,107,128)(H,108,129)(H,109,130)(H,110,132)(H,111,127)(H,112,131)(H,124,125). The van der Waals surface area contributed by atoms with Crippen molar-refractivity contribution in [3.63, 3.8) is 0 Å².